The van der Waals surface area contributed by atoms with E-state index in [-0.39, 0.29) is 5.41 Å². The van der Waals surface area contributed by atoms with Gasteiger partial charge in [0.05, 0.1) is 0 Å². The predicted octanol–water partition coefficient (Wildman–Crippen LogP) is 3.11. The zero-order chi connectivity index (χ0) is 12.2. The van der Waals surface area contributed by atoms with Crippen LogP contribution >= 0.6 is 0 Å². The van der Waals surface area contributed by atoms with Crippen molar-refractivity contribution >= 4 is 6.29 Å². The molecule has 0 amide bonds. The molecule has 0 unspecified atom stereocenters. The van der Waals surface area contributed by atoms with Gasteiger partial charge in [0.1, 0.15) is 6.29 Å². The fourth-order valence-corrected chi connectivity index (χ4v) is 2.17. The van der Waals surface area contributed by atoms with Gasteiger partial charge >= 0.3 is 0 Å². The van der Waals surface area contributed by atoms with Crippen molar-refractivity contribution in [1.29, 1.82) is 0 Å². The first kappa shape index (κ1) is 13.7. The summed E-state index contributed by atoms with van der Waals surface area (Å²) >= 11 is 0. The second-order valence-corrected chi connectivity index (χ2v) is 5.65. The molecule has 2 nitrogen and oxygen atoms in total. The van der Waals surface area contributed by atoms with Crippen molar-refractivity contribution in [2.24, 2.45) is 11.3 Å². The van der Waals surface area contributed by atoms with Gasteiger partial charge in [-0.1, -0.05) is 13.8 Å². The van der Waals surface area contributed by atoms with Gasteiger partial charge in [0.25, 0.3) is 0 Å². The quantitative estimate of drug-likeness (QED) is 0.592. The van der Waals surface area contributed by atoms with Crippen LogP contribution in [0.4, 0.5) is 0 Å². The highest BCUT2D eigenvalue weighted by molar-refractivity contribution is 5.59. The Morgan fingerprint density at radius 3 is 2.19 bits per heavy atom. The van der Waals surface area contributed by atoms with Gasteiger partial charge in [-0.25, -0.2) is 0 Å². The van der Waals surface area contributed by atoms with Crippen molar-refractivity contribution in [3.8, 4) is 0 Å². The van der Waals surface area contributed by atoms with E-state index in [4.69, 9.17) is 0 Å². The molecule has 0 aromatic rings. The Balaban J connectivity index is 2.59. The fraction of sp³-hybridized carbons (Fsp3) is 0.929. The average Bonchev–Trinajstić information content (AvgIpc) is 3.08. The van der Waals surface area contributed by atoms with Crippen LogP contribution in [0.25, 0.3) is 0 Å². The number of carbonyl (C=O) groups is 1. The van der Waals surface area contributed by atoms with Crippen LogP contribution in [0.5, 0.6) is 0 Å². The van der Waals surface area contributed by atoms with E-state index in [1.54, 1.807) is 0 Å². The third kappa shape index (κ3) is 3.58. The first-order chi connectivity index (χ1) is 7.56. The maximum absolute atomic E-state index is 11.3. The summed E-state index contributed by atoms with van der Waals surface area (Å²) in [7, 11) is 0. The number of hydrogen-bond acceptors (Lipinski definition) is 2. The van der Waals surface area contributed by atoms with E-state index >= 15 is 0 Å². The maximum Gasteiger partial charge on any atom is 0.127 e. The molecule has 94 valence electrons. The lowest BCUT2D eigenvalue weighted by Gasteiger charge is -2.35. The molecule has 0 aromatic heterocycles. The number of rotatable bonds is 8. The van der Waals surface area contributed by atoms with Crippen LogP contribution in [0.3, 0.4) is 0 Å². The molecular formula is C14H27NO. The lowest BCUT2D eigenvalue weighted by atomic mass is 9.83. The van der Waals surface area contributed by atoms with Gasteiger partial charge in [-0.2, -0.15) is 0 Å². The summed E-state index contributed by atoms with van der Waals surface area (Å²) in [5.74, 6) is 0.903. The summed E-state index contributed by atoms with van der Waals surface area (Å²) in [6.07, 6.45) is 5.88. The van der Waals surface area contributed by atoms with Gasteiger partial charge in [0, 0.05) is 24.5 Å². The smallest absolute Gasteiger partial charge is 0.127 e. The second kappa shape index (κ2) is 5.81. The summed E-state index contributed by atoms with van der Waals surface area (Å²) < 4.78 is 0. The Morgan fingerprint density at radius 2 is 1.88 bits per heavy atom. The lowest BCUT2D eigenvalue weighted by Crippen LogP contribution is -2.43. The average molecular weight is 225 g/mol. The predicted molar refractivity (Wildman–Crippen MR) is 68.5 cm³/mol. The highest BCUT2D eigenvalue weighted by Crippen LogP contribution is 2.32. The zero-order valence-corrected chi connectivity index (χ0v) is 11.3. The van der Waals surface area contributed by atoms with Gasteiger partial charge in [-0.05, 0) is 45.4 Å². The Morgan fingerprint density at radius 1 is 1.31 bits per heavy atom. The third-order valence-electron chi connectivity index (χ3n) is 4.10. The molecule has 1 fully saturated rings. The molecule has 1 aliphatic rings. The van der Waals surface area contributed by atoms with Crippen molar-refractivity contribution in [3.63, 3.8) is 0 Å². The van der Waals surface area contributed by atoms with E-state index in [1.165, 1.54) is 25.7 Å². The lowest BCUT2D eigenvalue weighted by molar-refractivity contribution is -0.118. The topological polar surface area (TPSA) is 20.3 Å². The number of nitrogens with zero attached hydrogens (tertiary/aromatic N) is 1. The number of hydrogen-bond donors (Lipinski definition) is 0. The molecule has 0 saturated heterocycles. The van der Waals surface area contributed by atoms with Crippen LogP contribution in [0.15, 0.2) is 0 Å². The van der Waals surface area contributed by atoms with E-state index in [1.807, 2.05) is 0 Å². The standard InChI is InChI=1S/C14H27NO/c1-5-14(6-2,11-16)10-15(12(3)4)9-13-7-8-13/h11-13H,5-10H2,1-4H3. The normalized spacial score (nSPS) is 17.1. The first-order valence-corrected chi connectivity index (χ1v) is 6.77. The minimum Gasteiger partial charge on any atom is -0.303 e. The van der Waals surface area contributed by atoms with Crippen molar-refractivity contribution in [2.45, 2.75) is 59.4 Å². The Kier molecular flexibility index (Phi) is 4.97. The third-order valence-corrected chi connectivity index (χ3v) is 4.10. The van der Waals surface area contributed by atoms with Crippen LogP contribution < -0.4 is 0 Å². The van der Waals surface area contributed by atoms with Gasteiger partial charge in [0.15, 0.2) is 0 Å². The SMILES string of the molecule is CCC(C=O)(CC)CN(CC1CC1)C(C)C. The molecule has 0 N–H and O–H groups in total. The number of carbonyl (C=O) groups excluding carboxylic acids is 1. The van der Waals surface area contributed by atoms with Crippen LogP contribution in [-0.4, -0.2) is 30.3 Å². The van der Waals surface area contributed by atoms with Crippen molar-refractivity contribution in [2.75, 3.05) is 13.1 Å². The minimum atomic E-state index is -0.112. The maximum atomic E-state index is 11.3. The van der Waals surface area contributed by atoms with Crippen LogP contribution in [0.1, 0.15) is 53.4 Å². The molecule has 1 aliphatic carbocycles. The molecule has 0 aliphatic heterocycles. The molecule has 0 aromatic carbocycles. The van der Waals surface area contributed by atoms with E-state index in [0.717, 1.165) is 25.3 Å². The van der Waals surface area contributed by atoms with Crippen molar-refractivity contribution in [1.82, 2.24) is 4.90 Å². The summed E-state index contributed by atoms with van der Waals surface area (Å²) in [5.41, 5.74) is -0.112. The molecule has 1 saturated carbocycles. The molecule has 0 bridgehead atoms. The van der Waals surface area contributed by atoms with E-state index in [9.17, 15) is 4.79 Å². The Labute approximate surface area is 100 Å². The largest absolute Gasteiger partial charge is 0.303 e. The number of aldehydes is 1. The molecule has 0 radical (unpaired) electrons. The van der Waals surface area contributed by atoms with E-state index in [2.05, 4.69) is 32.6 Å². The molecular weight excluding hydrogens is 198 g/mol. The monoisotopic (exact) mass is 225 g/mol. The van der Waals surface area contributed by atoms with Crippen LogP contribution in [0.2, 0.25) is 0 Å². The van der Waals surface area contributed by atoms with Gasteiger partial charge in [0.2, 0.25) is 0 Å². The van der Waals surface area contributed by atoms with E-state index in [0.29, 0.717) is 6.04 Å². The summed E-state index contributed by atoms with van der Waals surface area (Å²) in [5, 5.41) is 0. The van der Waals surface area contributed by atoms with Gasteiger partial charge < -0.3 is 4.79 Å². The second-order valence-electron chi connectivity index (χ2n) is 5.65. The molecule has 16 heavy (non-hydrogen) atoms. The molecule has 0 heterocycles. The van der Waals surface area contributed by atoms with Crippen molar-refractivity contribution in [3.05, 3.63) is 0 Å². The highest BCUT2D eigenvalue weighted by atomic mass is 16.1. The molecule has 0 atom stereocenters. The Bertz CT molecular complexity index is 217. The van der Waals surface area contributed by atoms with Crippen LogP contribution in [0, 0.1) is 11.3 Å². The fourth-order valence-electron chi connectivity index (χ4n) is 2.17. The molecule has 0 spiro atoms. The summed E-state index contributed by atoms with van der Waals surface area (Å²) in [4.78, 5) is 13.8. The highest BCUT2D eigenvalue weighted by Gasteiger charge is 2.32. The molecule has 1 rings (SSSR count). The van der Waals surface area contributed by atoms with Crippen molar-refractivity contribution < 1.29 is 4.79 Å². The first-order valence-electron chi connectivity index (χ1n) is 6.77. The minimum absolute atomic E-state index is 0.112. The molecule has 2 heteroatoms. The van der Waals surface area contributed by atoms with Crippen LogP contribution in [-0.2, 0) is 4.79 Å². The van der Waals surface area contributed by atoms with E-state index < -0.39 is 0 Å². The summed E-state index contributed by atoms with van der Waals surface area (Å²) in [6.45, 7) is 10.9. The zero-order valence-electron chi connectivity index (χ0n) is 11.3. The van der Waals surface area contributed by atoms with Gasteiger partial charge in [-0.15, -0.1) is 0 Å². The summed E-state index contributed by atoms with van der Waals surface area (Å²) in [6, 6.07) is 0.554. The van der Waals surface area contributed by atoms with Gasteiger partial charge in [-0.3, -0.25) is 4.90 Å². The Hall–Kier alpha value is -0.370.